The molecule has 1 aliphatic carbocycles. The van der Waals surface area contributed by atoms with Crippen LogP contribution in [0.5, 0.6) is 0 Å². The topological polar surface area (TPSA) is 29.3 Å². The third-order valence-corrected chi connectivity index (χ3v) is 5.19. The Labute approximate surface area is 98.0 Å². The van der Waals surface area contributed by atoms with Gasteiger partial charge in [-0.3, -0.25) is 4.90 Å². The zero-order chi connectivity index (χ0) is 10.7. The Kier molecular flexibility index (Phi) is 3.97. The van der Waals surface area contributed by atoms with Gasteiger partial charge in [0, 0.05) is 36.2 Å². The van der Waals surface area contributed by atoms with Crippen LogP contribution in [0.1, 0.15) is 39.0 Å². The summed E-state index contributed by atoms with van der Waals surface area (Å²) < 4.78 is 0. The van der Waals surface area contributed by atoms with Crippen molar-refractivity contribution in [1.82, 2.24) is 4.90 Å². The van der Waals surface area contributed by atoms with Crippen LogP contribution in [0.15, 0.2) is 0 Å². The average molecular weight is 228 g/mol. The maximum atomic E-state index is 6.43. The molecule has 2 aliphatic rings. The molecule has 1 atom stereocenters. The minimum absolute atomic E-state index is 0.153. The summed E-state index contributed by atoms with van der Waals surface area (Å²) in [7, 11) is 0. The first-order chi connectivity index (χ1) is 7.22. The number of nitrogens with zero attached hydrogens (tertiary/aromatic N) is 1. The van der Waals surface area contributed by atoms with Crippen LogP contribution in [-0.2, 0) is 0 Å². The van der Waals surface area contributed by atoms with Crippen LogP contribution in [0, 0.1) is 0 Å². The van der Waals surface area contributed by atoms with Gasteiger partial charge >= 0.3 is 0 Å². The molecule has 2 N–H and O–H groups in total. The molecular weight excluding hydrogens is 204 g/mol. The van der Waals surface area contributed by atoms with Gasteiger partial charge in [0.1, 0.15) is 0 Å². The Bertz CT molecular complexity index is 202. The van der Waals surface area contributed by atoms with E-state index in [9.17, 15) is 0 Å². The van der Waals surface area contributed by atoms with Crippen LogP contribution >= 0.6 is 11.8 Å². The van der Waals surface area contributed by atoms with E-state index in [0.29, 0.717) is 0 Å². The Morgan fingerprint density at radius 1 is 1.40 bits per heavy atom. The van der Waals surface area contributed by atoms with Gasteiger partial charge in [-0.2, -0.15) is 11.8 Å². The van der Waals surface area contributed by atoms with Gasteiger partial charge < -0.3 is 5.73 Å². The van der Waals surface area contributed by atoms with Gasteiger partial charge in [0.05, 0.1) is 0 Å². The molecule has 1 unspecified atom stereocenters. The van der Waals surface area contributed by atoms with Crippen molar-refractivity contribution in [1.29, 1.82) is 0 Å². The number of hydrogen-bond donors (Lipinski definition) is 1. The maximum Gasteiger partial charge on any atom is 0.0283 e. The molecule has 0 aromatic heterocycles. The van der Waals surface area contributed by atoms with E-state index in [4.69, 9.17) is 5.73 Å². The molecule has 1 heterocycles. The summed E-state index contributed by atoms with van der Waals surface area (Å²) in [6.07, 6.45) is 6.48. The van der Waals surface area contributed by atoms with Crippen LogP contribution in [0.2, 0.25) is 0 Å². The summed E-state index contributed by atoms with van der Waals surface area (Å²) >= 11 is 2.14. The second-order valence-electron chi connectivity index (χ2n) is 5.21. The second-order valence-corrected chi connectivity index (χ2v) is 6.61. The van der Waals surface area contributed by atoms with E-state index in [1.165, 1.54) is 50.9 Å². The van der Waals surface area contributed by atoms with Gasteiger partial charge in [-0.1, -0.05) is 19.8 Å². The molecule has 1 aliphatic heterocycles. The van der Waals surface area contributed by atoms with E-state index < -0.39 is 0 Å². The van der Waals surface area contributed by atoms with E-state index in [2.05, 4.69) is 23.6 Å². The first-order valence-electron chi connectivity index (χ1n) is 6.35. The molecule has 0 aromatic rings. The molecule has 2 rings (SSSR count). The van der Waals surface area contributed by atoms with Crippen molar-refractivity contribution < 1.29 is 0 Å². The highest BCUT2D eigenvalue weighted by atomic mass is 32.2. The summed E-state index contributed by atoms with van der Waals surface area (Å²) in [6, 6.07) is 0. The van der Waals surface area contributed by atoms with Crippen LogP contribution in [0.3, 0.4) is 0 Å². The molecule has 15 heavy (non-hydrogen) atoms. The zero-order valence-electron chi connectivity index (χ0n) is 9.87. The summed E-state index contributed by atoms with van der Waals surface area (Å²) in [4.78, 5) is 2.61. The molecule has 1 saturated carbocycles. The van der Waals surface area contributed by atoms with Crippen LogP contribution in [-0.4, -0.2) is 41.1 Å². The Hall–Kier alpha value is 0.270. The van der Waals surface area contributed by atoms with Crippen molar-refractivity contribution in [3.63, 3.8) is 0 Å². The molecular formula is C12H24N2S. The largest absolute Gasteiger partial charge is 0.324 e. The highest BCUT2D eigenvalue weighted by Gasteiger charge is 2.32. The average Bonchev–Trinajstić information content (AvgIpc) is 2.65. The molecule has 0 amide bonds. The van der Waals surface area contributed by atoms with Crippen molar-refractivity contribution in [3.05, 3.63) is 0 Å². The van der Waals surface area contributed by atoms with Gasteiger partial charge in [-0.25, -0.2) is 0 Å². The SMILES string of the molecule is CCC1CN(CC2(N)CCCC2)CCS1. The molecule has 0 spiro atoms. The van der Waals surface area contributed by atoms with Crippen molar-refractivity contribution in [2.24, 2.45) is 5.73 Å². The standard InChI is InChI=1S/C12H24N2S/c1-2-11-9-14(7-8-15-11)10-12(13)5-3-4-6-12/h11H,2-10,13H2,1H3. The maximum absolute atomic E-state index is 6.43. The van der Waals surface area contributed by atoms with E-state index in [-0.39, 0.29) is 5.54 Å². The summed E-state index contributed by atoms with van der Waals surface area (Å²) in [6.45, 7) is 5.96. The quantitative estimate of drug-likeness (QED) is 0.802. The van der Waals surface area contributed by atoms with Gasteiger partial charge in [0.2, 0.25) is 0 Å². The van der Waals surface area contributed by atoms with Gasteiger partial charge in [-0.05, 0) is 19.3 Å². The van der Waals surface area contributed by atoms with Crippen molar-refractivity contribution in [3.8, 4) is 0 Å². The first kappa shape index (κ1) is 11.7. The Balaban J connectivity index is 1.83. The smallest absolute Gasteiger partial charge is 0.0283 e. The molecule has 3 heteroatoms. The van der Waals surface area contributed by atoms with Gasteiger partial charge in [0.15, 0.2) is 0 Å². The molecule has 0 bridgehead atoms. The monoisotopic (exact) mass is 228 g/mol. The fourth-order valence-electron chi connectivity index (χ4n) is 2.85. The lowest BCUT2D eigenvalue weighted by Crippen LogP contribution is -2.51. The van der Waals surface area contributed by atoms with Gasteiger partial charge in [-0.15, -0.1) is 0 Å². The van der Waals surface area contributed by atoms with E-state index in [0.717, 1.165) is 11.8 Å². The van der Waals surface area contributed by atoms with Crippen molar-refractivity contribution in [2.45, 2.75) is 49.8 Å². The van der Waals surface area contributed by atoms with E-state index >= 15 is 0 Å². The van der Waals surface area contributed by atoms with E-state index in [1.807, 2.05) is 0 Å². The summed E-state index contributed by atoms with van der Waals surface area (Å²) in [5.41, 5.74) is 6.58. The highest BCUT2D eigenvalue weighted by molar-refractivity contribution is 8.00. The van der Waals surface area contributed by atoms with Gasteiger partial charge in [0.25, 0.3) is 0 Å². The molecule has 88 valence electrons. The number of thioether (sulfide) groups is 1. The lowest BCUT2D eigenvalue weighted by molar-refractivity contribution is 0.214. The van der Waals surface area contributed by atoms with Crippen LogP contribution < -0.4 is 5.73 Å². The summed E-state index contributed by atoms with van der Waals surface area (Å²) in [5.74, 6) is 1.30. The predicted molar refractivity (Wildman–Crippen MR) is 68.4 cm³/mol. The lowest BCUT2D eigenvalue weighted by atomic mass is 9.98. The molecule has 2 nitrogen and oxygen atoms in total. The highest BCUT2D eigenvalue weighted by Crippen LogP contribution is 2.30. The van der Waals surface area contributed by atoms with Crippen molar-refractivity contribution in [2.75, 3.05) is 25.4 Å². The van der Waals surface area contributed by atoms with E-state index in [1.54, 1.807) is 0 Å². The number of hydrogen-bond acceptors (Lipinski definition) is 3. The second kappa shape index (κ2) is 5.07. The fourth-order valence-corrected chi connectivity index (χ4v) is 4.10. The number of rotatable bonds is 3. The third kappa shape index (κ3) is 3.11. The first-order valence-corrected chi connectivity index (χ1v) is 7.39. The Morgan fingerprint density at radius 3 is 2.80 bits per heavy atom. The molecule has 1 saturated heterocycles. The van der Waals surface area contributed by atoms with Crippen LogP contribution in [0.4, 0.5) is 0 Å². The fraction of sp³-hybridized carbons (Fsp3) is 1.00. The van der Waals surface area contributed by atoms with Crippen LogP contribution in [0.25, 0.3) is 0 Å². The predicted octanol–water partition coefficient (Wildman–Crippen LogP) is 2.09. The zero-order valence-corrected chi connectivity index (χ0v) is 10.7. The summed E-state index contributed by atoms with van der Waals surface area (Å²) in [5, 5.41) is 0.851. The Morgan fingerprint density at radius 2 is 2.13 bits per heavy atom. The minimum Gasteiger partial charge on any atom is -0.324 e. The lowest BCUT2D eigenvalue weighted by Gasteiger charge is -2.37. The van der Waals surface area contributed by atoms with Crippen molar-refractivity contribution >= 4 is 11.8 Å². The molecule has 2 fully saturated rings. The molecule has 0 aromatic carbocycles. The molecule has 0 radical (unpaired) electrons. The third-order valence-electron chi connectivity index (χ3n) is 3.82. The minimum atomic E-state index is 0.153. The number of nitrogens with two attached hydrogens (primary N) is 1. The normalized spacial score (nSPS) is 32.0.